The van der Waals surface area contributed by atoms with Gasteiger partial charge in [-0.2, -0.15) is 0 Å². The number of para-hydroxylation sites is 1. The summed E-state index contributed by atoms with van der Waals surface area (Å²) in [5, 5.41) is 2.86. The number of carbonyl (C=O) groups excluding carboxylic acids is 3. The molecule has 0 atom stereocenters. The summed E-state index contributed by atoms with van der Waals surface area (Å²) in [5.41, 5.74) is 3.66. The summed E-state index contributed by atoms with van der Waals surface area (Å²) >= 11 is 13.7. The van der Waals surface area contributed by atoms with Crippen molar-refractivity contribution in [1.82, 2.24) is 0 Å². The number of hydrogen-bond donors (Lipinski definition) is 1. The van der Waals surface area contributed by atoms with E-state index in [1.807, 2.05) is 32.0 Å². The molecule has 4 rings (SSSR count). The summed E-state index contributed by atoms with van der Waals surface area (Å²) in [6, 6.07) is 12.2. The lowest BCUT2D eigenvalue weighted by atomic mass is 10.1. The van der Waals surface area contributed by atoms with Crippen LogP contribution >= 0.6 is 63.7 Å². The number of amides is 3. The van der Waals surface area contributed by atoms with Crippen molar-refractivity contribution in [1.29, 1.82) is 0 Å². The Morgan fingerprint density at radius 2 is 1.34 bits per heavy atom. The molecule has 3 aromatic rings. The van der Waals surface area contributed by atoms with Gasteiger partial charge in [-0.25, -0.2) is 4.90 Å². The highest BCUT2D eigenvalue weighted by molar-refractivity contribution is 9.15. The van der Waals surface area contributed by atoms with Crippen molar-refractivity contribution in [3.63, 3.8) is 0 Å². The topological polar surface area (TPSA) is 66.5 Å². The highest BCUT2D eigenvalue weighted by Gasteiger charge is 2.43. The van der Waals surface area contributed by atoms with Crippen molar-refractivity contribution in [2.75, 3.05) is 10.2 Å². The zero-order chi connectivity index (χ0) is 23.3. The number of benzene rings is 3. The summed E-state index contributed by atoms with van der Waals surface area (Å²) in [5.74, 6) is -1.45. The Morgan fingerprint density at radius 1 is 0.781 bits per heavy atom. The van der Waals surface area contributed by atoms with E-state index >= 15 is 0 Å². The number of carbonyl (C=O) groups is 3. The van der Waals surface area contributed by atoms with Gasteiger partial charge in [-0.1, -0.05) is 18.2 Å². The maximum Gasteiger partial charge on any atom is 0.267 e. The molecule has 0 fully saturated rings. The van der Waals surface area contributed by atoms with E-state index in [1.54, 1.807) is 24.3 Å². The van der Waals surface area contributed by atoms with E-state index in [-0.39, 0.29) is 22.4 Å². The number of imide groups is 1. The van der Waals surface area contributed by atoms with Gasteiger partial charge in [-0.15, -0.1) is 0 Å². The summed E-state index contributed by atoms with van der Waals surface area (Å²) in [6.07, 6.45) is 0. The van der Waals surface area contributed by atoms with Crippen molar-refractivity contribution < 1.29 is 14.4 Å². The molecule has 0 spiro atoms. The molecule has 0 bridgehead atoms. The number of nitrogens with zero attached hydrogens (tertiary/aromatic N) is 1. The third kappa shape index (κ3) is 3.79. The van der Waals surface area contributed by atoms with E-state index in [4.69, 9.17) is 0 Å². The van der Waals surface area contributed by atoms with Crippen LogP contribution in [0.15, 0.2) is 60.4 Å². The van der Waals surface area contributed by atoms with Gasteiger partial charge in [0.15, 0.2) is 0 Å². The summed E-state index contributed by atoms with van der Waals surface area (Å²) in [7, 11) is 0. The molecule has 162 valence electrons. The zero-order valence-electron chi connectivity index (χ0n) is 16.7. The Morgan fingerprint density at radius 3 is 1.91 bits per heavy atom. The number of aryl methyl sites for hydroxylation is 2. The molecular weight excluding hydrogens is 672 g/mol. The third-order valence-electron chi connectivity index (χ3n) is 5.26. The predicted octanol–water partition coefficient (Wildman–Crippen LogP) is 7.41. The molecule has 1 aliphatic heterocycles. The van der Waals surface area contributed by atoms with Gasteiger partial charge >= 0.3 is 0 Å². The maximum absolute atomic E-state index is 13.3. The highest BCUT2D eigenvalue weighted by atomic mass is 79.9. The Balaban J connectivity index is 1.77. The molecule has 0 unspecified atom stereocenters. The van der Waals surface area contributed by atoms with Crippen LogP contribution in [-0.2, 0) is 0 Å². The van der Waals surface area contributed by atoms with Crippen molar-refractivity contribution >= 4 is 92.8 Å². The molecule has 0 aromatic heterocycles. The molecule has 32 heavy (non-hydrogen) atoms. The van der Waals surface area contributed by atoms with E-state index in [0.717, 1.165) is 16.0 Å². The largest absolute Gasteiger partial charge is 0.322 e. The minimum absolute atomic E-state index is 0.214. The molecule has 5 nitrogen and oxygen atoms in total. The van der Waals surface area contributed by atoms with Crippen LogP contribution in [0.5, 0.6) is 0 Å². The van der Waals surface area contributed by atoms with Crippen LogP contribution in [0.1, 0.15) is 42.2 Å². The third-order valence-corrected chi connectivity index (χ3v) is 10.0. The molecule has 0 aliphatic carbocycles. The van der Waals surface area contributed by atoms with Crippen LogP contribution in [-0.4, -0.2) is 17.7 Å². The first-order valence-corrected chi connectivity index (χ1v) is 12.5. The first-order chi connectivity index (χ1) is 15.1. The molecule has 1 N–H and O–H groups in total. The van der Waals surface area contributed by atoms with E-state index in [9.17, 15) is 14.4 Å². The van der Waals surface area contributed by atoms with Gasteiger partial charge in [0, 0.05) is 23.6 Å². The Bertz CT molecular complexity index is 1290. The average molecular weight is 686 g/mol. The zero-order valence-corrected chi connectivity index (χ0v) is 23.1. The van der Waals surface area contributed by atoms with Gasteiger partial charge in [-0.05, 0) is 113 Å². The minimum atomic E-state index is -0.516. The first kappa shape index (κ1) is 23.4. The molecule has 9 heteroatoms. The molecule has 3 aromatic carbocycles. The number of nitrogens with one attached hydrogen (secondary N) is 1. The monoisotopic (exact) mass is 682 g/mol. The summed E-state index contributed by atoms with van der Waals surface area (Å²) < 4.78 is 2.12. The molecule has 1 heterocycles. The highest BCUT2D eigenvalue weighted by Crippen LogP contribution is 2.46. The fourth-order valence-corrected chi connectivity index (χ4v) is 5.90. The maximum atomic E-state index is 13.3. The second kappa shape index (κ2) is 8.85. The van der Waals surface area contributed by atoms with Gasteiger partial charge in [0.05, 0.1) is 22.4 Å². The SMILES string of the molecule is Cc1ccc(NC(=O)c2ccccc2N2C(=O)c3c(Br)c(Br)c(Br)c(Br)c3C2=O)cc1C. The predicted molar refractivity (Wildman–Crippen MR) is 139 cm³/mol. The molecule has 0 radical (unpaired) electrons. The Hall–Kier alpha value is -1.81. The fraction of sp³-hybridized carbons (Fsp3) is 0.0870. The van der Waals surface area contributed by atoms with E-state index in [1.165, 1.54) is 0 Å². The van der Waals surface area contributed by atoms with Crippen molar-refractivity contribution in [2.24, 2.45) is 0 Å². The second-order valence-electron chi connectivity index (χ2n) is 7.22. The van der Waals surface area contributed by atoms with Crippen LogP contribution < -0.4 is 10.2 Å². The van der Waals surface area contributed by atoms with E-state index < -0.39 is 17.7 Å². The fourth-order valence-electron chi connectivity index (χ4n) is 3.45. The van der Waals surface area contributed by atoms with E-state index in [2.05, 4.69) is 69.0 Å². The lowest BCUT2D eigenvalue weighted by Crippen LogP contribution is -2.31. The number of anilines is 2. The van der Waals surface area contributed by atoms with Crippen LogP contribution in [0.3, 0.4) is 0 Å². The van der Waals surface area contributed by atoms with Crippen molar-refractivity contribution in [3.8, 4) is 0 Å². The van der Waals surface area contributed by atoms with Crippen molar-refractivity contribution in [2.45, 2.75) is 13.8 Å². The number of fused-ring (bicyclic) bond motifs is 1. The normalized spacial score (nSPS) is 12.9. The summed E-state index contributed by atoms with van der Waals surface area (Å²) in [6.45, 7) is 3.95. The van der Waals surface area contributed by atoms with Crippen molar-refractivity contribution in [3.05, 3.63) is 88.2 Å². The first-order valence-electron chi connectivity index (χ1n) is 9.35. The van der Waals surface area contributed by atoms with Gasteiger partial charge in [0.1, 0.15) is 0 Å². The van der Waals surface area contributed by atoms with Crippen LogP contribution in [0, 0.1) is 13.8 Å². The smallest absolute Gasteiger partial charge is 0.267 e. The van der Waals surface area contributed by atoms with Crippen LogP contribution in [0.25, 0.3) is 0 Å². The average Bonchev–Trinajstić information content (AvgIpc) is 3.03. The van der Waals surface area contributed by atoms with Gasteiger partial charge < -0.3 is 5.32 Å². The van der Waals surface area contributed by atoms with Gasteiger partial charge in [0.25, 0.3) is 17.7 Å². The lowest BCUT2D eigenvalue weighted by Gasteiger charge is -2.18. The summed E-state index contributed by atoms with van der Waals surface area (Å²) in [4.78, 5) is 40.9. The lowest BCUT2D eigenvalue weighted by molar-refractivity contribution is 0.0925. The molecular formula is C23H14Br4N2O3. The Labute approximate surface area is 218 Å². The molecule has 3 amide bonds. The number of hydrogen-bond acceptors (Lipinski definition) is 3. The second-order valence-corrected chi connectivity index (χ2v) is 10.4. The van der Waals surface area contributed by atoms with Gasteiger partial charge in [-0.3, -0.25) is 14.4 Å². The molecule has 0 saturated heterocycles. The number of rotatable bonds is 3. The number of halogens is 4. The minimum Gasteiger partial charge on any atom is -0.322 e. The van der Waals surface area contributed by atoms with Crippen LogP contribution in [0.2, 0.25) is 0 Å². The van der Waals surface area contributed by atoms with E-state index in [0.29, 0.717) is 23.6 Å². The van der Waals surface area contributed by atoms with Gasteiger partial charge in [0.2, 0.25) is 0 Å². The molecule has 1 aliphatic rings. The standard InChI is InChI=1S/C23H14Br4N2O3/c1-10-7-8-12(9-11(10)2)28-21(30)13-5-3-4-6-14(13)29-22(31)15-16(23(29)32)18(25)20(27)19(26)17(15)24/h3-9H,1-2H3,(H,28,30). The quantitative estimate of drug-likeness (QED) is 0.178. The Kier molecular flexibility index (Phi) is 6.46. The van der Waals surface area contributed by atoms with Crippen LogP contribution in [0.4, 0.5) is 11.4 Å². The molecule has 0 saturated carbocycles.